The van der Waals surface area contributed by atoms with Crippen LogP contribution < -0.4 is 5.32 Å². The second kappa shape index (κ2) is 6.72. The summed E-state index contributed by atoms with van der Waals surface area (Å²) in [5.74, 6) is -2.65. The van der Waals surface area contributed by atoms with E-state index in [1.165, 1.54) is 0 Å². The summed E-state index contributed by atoms with van der Waals surface area (Å²) in [4.78, 5) is 12.7. The van der Waals surface area contributed by atoms with E-state index < -0.39 is 5.76 Å². The minimum atomic E-state index is -2.44. The summed E-state index contributed by atoms with van der Waals surface area (Å²) < 4.78 is 24.5. The van der Waals surface area contributed by atoms with Crippen molar-refractivity contribution in [2.75, 3.05) is 5.32 Å². The van der Waals surface area contributed by atoms with Gasteiger partial charge in [0.2, 0.25) is 0 Å². The van der Waals surface area contributed by atoms with Crippen LogP contribution in [0.25, 0.3) is 0 Å². The van der Waals surface area contributed by atoms with Crippen LogP contribution in [-0.4, -0.2) is 11.7 Å². The first-order valence-corrected chi connectivity index (χ1v) is 7.28. The van der Waals surface area contributed by atoms with Gasteiger partial charge in [0.05, 0.1) is 0 Å². The molecule has 0 aliphatic carbocycles. The van der Waals surface area contributed by atoms with Crippen LogP contribution in [0.5, 0.6) is 0 Å². The van der Waals surface area contributed by atoms with E-state index in [9.17, 15) is 13.6 Å². The molecule has 1 amide bonds. The third-order valence-electron chi connectivity index (χ3n) is 3.19. The van der Waals surface area contributed by atoms with Crippen LogP contribution in [0.1, 0.15) is 21.5 Å². The Morgan fingerprint density at radius 2 is 1.76 bits per heavy atom. The average Bonchev–Trinajstić information content (AvgIpc) is 2.43. The monoisotopic (exact) mass is 307 g/mol. The number of nitrogens with one attached hydrogen (secondary N) is 1. The summed E-state index contributed by atoms with van der Waals surface area (Å²) in [6.07, 6.45) is 0. The molecule has 110 valence electrons. The summed E-state index contributed by atoms with van der Waals surface area (Å²) in [5.41, 5.74) is 3.17. The number of rotatable bonds is 4. The molecule has 0 bridgehead atoms. The fourth-order valence-electron chi connectivity index (χ4n) is 1.92. The highest BCUT2D eigenvalue weighted by Crippen LogP contribution is 2.26. The molecular weight excluding hydrogens is 292 g/mol. The zero-order valence-electron chi connectivity index (χ0n) is 11.7. The highest BCUT2D eigenvalue weighted by molar-refractivity contribution is 7.99. The Labute approximate surface area is 126 Å². The van der Waals surface area contributed by atoms with Crippen LogP contribution in [0.15, 0.2) is 47.4 Å². The summed E-state index contributed by atoms with van der Waals surface area (Å²) in [7, 11) is 0. The van der Waals surface area contributed by atoms with E-state index in [1.807, 2.05) is 26.0 Å². The number of carbonyl (C=O) groups is 1. The van der Waals surface area contributed by atoms with Gasteiger partial charge >= 0.3 is 0 Å². The van der Waals surface area contributed by atoms with Crippen molar-refractivity contribution < 1.29 is 13.6 Å². The number of halogens is 2. The smallest absolute Gasteiger partial charge is 0.288 e. The van der Waals surface area contributed by atoms with Crippen molar-refractivity contribution in [2.24, 2.45) is 0 Å². The number of amides is 1. The van der Waals surface area contributed by atoms with E-state index in [-0.39, 0.29) is 5.91 Å². The number of benzene rings is 2. The van der Waals surface area contributed by atoms with Gasteiger partial charge in [0.1, 0.15) is 0 Å². The highest BCUT2D eigenvalue weighted by Gasteiger charge is 2.11. The fraction of sp³-hybridized carbons (Fsp3) is 0.188. The van der Waals surface area contributed by atoms with Gasteiger partial charge < -0.3 is 5.32 Å². The lowest BCUT2D eigenvalue weighted by Crippen LogP contribution is -2.13. The Hall–Kier alpha value is -1.88. The number of carbonyl (C=O) groups excluding carboxylic acids is 1. The lowest BCUT2D eigenvalue weighted by molar-refractivity contribution is 0.102. The first-order chi connectivity index (χ1) is 9.97. The van der Waals surface area contributed by atoms with Gasteiger partial charge in [-0.05, 0) is 55.3 Å². The zero-order chi connectivity index (χ0) is 15.4. The third kappa shape index (κ3) is 4.04. The molecule has 2 aromatic carbocycles. The standard InChI is InChI=1S/C16H15F2NOS/c1-10-4-3-5-14(11(10)2)15(20)19-12-6-8-13(9-7-12)21-16(17)18/h3-9,16H,1-2H3,(H,19,20). The van der Waals surface area contributed by atoms with Crippen molar-refractivity contribution in [3.63, 3.8) is 0 Å². The molecule has 21 heavy (non-hydrogen) atoms. The van der Waals surface area contributed by atoms with E-state index in [2.05, 4.69) is 5.32 Å². The molecule has 0 unspecified atom stereocenters. The van der Waals surface area contributed by atoms with Crippen LogP contribution in [0.3, 0.4) is 0 Å². The van der Waals surface area contributed by atoms with Crippen LogP contribution >= 0.6 is 11.8 Å². The molecule has 0 aromatic heterocycles. The Balaban J connectivity index is 2.11. The number of thioether (sulfide) groups is 1. The van der Waals surface area contributed by atoms with Crippen LogP contribution in [0, 0.1) is 13.8 Å². The van der Waals surface area contributed by atoms with Crippen LogP contribution in [0.4, 0.5) is 14.5 Å². The summed E-state index contributed by atoms with van der Waals surface area (Å²) in [6.45, 7) is 3.84. The van der Waals surface area contributed by atoms with E-state index in [0.29, 0.717) is 27.9 Å². The van der Waals surface area contributed by atoms with Gasteiger partial charge in [-0.2, -0.15) is 8.78 Å². The molecule has 0 radical (unpaired) electrons. The van der Waals surface area contributed by atoms with E-state index in [0.717, 1.165) is 11.1 Å². The summed E-state index contributed by atoms with van der Waals surface area (Å²) in [5, 5.41) is 2.77. The van der Waals surface area contributed by atoms with Crippen molar-refractivity contribution in [2.45, 2.75) is 24.5 Å². The molecule has 0 spiro atoms. The largest absolute Gasteiger partial charge is 0.322 e. The lowest BCUT2D eigenvalue weighted by Gasteiger charge is -2.10. The fourth-order valence-corrected chi connectivity index (χ4v) is 2.41. The van der Waals surface area contributed by atoms with Gasteiger partial charge in [-0.3, -0.25) is 4.79 Å². The molecule has 2 aromatic rings. The molecule has 1 N–H and O–H groups in total. The molecule has 0 saturated carbocycles. The van der Waals surface area contributed by atoms with Crippen molar-refractivity contribution >= 4 is 23.4 Å². The molecule has 0 atom stereocenters. The Kier molecular flexibility index (Phi) is 4.96. The second-order valence-corrected chi connectivity index (χ2v) is 5.67. The summed E-state index contributed by atoms with van der Waals surface area (Å²) >= 11 is 0.481. The molecule has 0 aliphatic heterocycles. The minimum absolute atomic E-state index is 0.203. The maximum absolute atomic E-state index is 12.2. The minimum Gasteiger partial charge on any atom is -0.322 e. The molecule has 0 saturated heterocycles. The van der Waals surface area contributed by atoms with Crippen molar-refractivity contribution in [1.29, 1.82) is 0 Å². The third-order valence-corrected chi connectivity index (χ3v) is 3.91. The lowest BCUT2D eigenvalue weighted by atomic mass is 10.0. The average molecular weight is 307 g/mol. The molecule has 2 rings (SSSR count). The van der Waals surface area contributed by atoms with E-state index in [1.54, 1.807) is 30.3 Å². The number of hydrogen-bond acceptors (Lipinski definition) is 2. The van der Waals surface area contributed by atoms with Gasteiger partial charge in [0.25, 0.3) is 11.7 Å². The SMILES string of the molecule is Cc1cccc(C(=O)Nc2ccc(SC(F)F)cc2)c1C. The predicted octanol–water partition coefficient (Wildman–Crippen LogP) is 4.87. The normalized spacial score (nSPS) is 10.7. The van der Waals surface area contributed by atoms with Gasteiger partial charge in [-0.15, -0.1) is 0 Å². The Morgan fingerprint density at radius 1 is 1.10 bits per heavy atom. The van der Waals surface area contributed by atoms with Crippen LogP contribution in [0.2, 0.25) is 0 Å². The molecular formula is C16H15F2NOS. The Bertz CT molecular complexity index is 641. The van der Waals surface area contributed by atoms with E-state index in [4.69, 9.17) is 0 Å². The highest BCUT2D eigenvalue weighted by atomic mass is 32.2. The first kappa shape index (κ1) is 15.5. The zero-order valence-corrected chi connectivity index (χ0v) is 12.5. The maximum Gasteiger partial charge on any atom is 0.288 e. The van der Waals surface area contributed by atoms with Crippen molar-refractivity contribution in [3.8, 4) is 0 Å². The number of hydrogen-bond donors (Lipinski definition) is 1. The molecule has 2 nitrogen and oxygen atoms in total. The van der Waals surface area contributed by atoms with Crippen molar-refractivity contribution in [3.05, 3.63) is 59.2 Å². The Morgan fingerprint density at radius 3 is 2.38 bits per heavy atom. The van der Waals surface area contributed by atoms with Crippen molar-refractivity contribution in [1.82, 2.24) is 0 Å². The first-order valence-electron chi connectivity index (χ1n) is 6.40. The molecule has 0 aliphatic rings. The van der Waals surface area contributed by atoms with Gasteiger partial charge in [-0.1, -0.05) is 23.9 Å². The molecule has 0 heterocycles. The van der Waals surface area contributed by atoms with E-state index >= 15 is 0 Å². The predicted molar refractivity (Wildman–Crippen MR) is 82.2 cm³/mol. The second-order valence-electron chi connectivity index (χ2n) is 4.60. The number of alkyl halides is 2. The maximum atomic E-state index is 12.2. The molecule has 0 fully saturated rings. The molecule has 5 heteroatoms. The van der Waals surface area contributed by atoms with Gasteiger partial charge in [0.15, 0.2) is 0 Å². The van der Waals surface area contributed by atoms with Gasteiger partial charge in [0, 0.05) is 16.1 Å². The quantitative estimate of drug-likeness (QED) is 0.816. The topological polar surface area (TPSA) is 29.1 Å². The van der Waals surface area contributed by atoms with Gasteiger partial charge in [-0.25, -0.2) is 0 Å². The number of aryl methyl sites for hydroxylation is 1. The summed E-state index contributed by atoms with van der Waals surface area (Å²) in [6, 6.07) is 11.9. The van der Waals surface area contributed by atoms with Crippen LogP contribution in [-0.2, 0) is 0 Å². The number of anilines is 1.